The second-order valence-electron chi connectivity index (χ2n) is 4.08. The van der Waals surface area contributed by atoms with Crippen LogP contribution < -0.4 is 0 Å². The van der Waals surface area contributed by atoms with Gasteiger partial charge in [-0.25, -0.2) is 0 Å². The van der Waals surface area contributed by atoms with Crippen LogP contribution in [0.4, 0.5) is 13.2 Å². The molecule has 1 rings (SSSR count). The molecule has 90 valence electrons. The van der Waals surface area contributed by atoms with Crippen molar-refractivity contribution < 1.29 is 13.2 Å². The van der Waals surface area contributed by atoms with E-state index in [-0.39, 0.29) is 5.56 Å². The summed E-state index contributed by atoms with van der Waals surface area (Å²) in [5.74, 6) is 0. The topological polar surface area (TPSA) is 0 Å². The zero-order chi connectivity index (χ0) is 12.7. The molecule has 0 bridgehead atoms. The molecule has 0 nitrogen and oxygen atoms in total. The number of rotatable bonds is 1. The Hall–Kier alpha value is -0.700. The lowest BCUT2D eigenvalue weighted by Gasteiger charge is -2.21. The molecule has 0 aromatic heterocycles. The van der Waals surface area contributed by atoms with Gasteiger partial charge in [-0.15, -0.1) is 11.6 Å². The van der Waals surface area contributed by atoms with Gasteiger partial charge in [0.15, 0.2) is 5.38 Å². The first-order valence-electron chi connectivity index (χ1n) is 4.94. The normalized spacial score (nSPS) is 14.0. The molecule has 0 saturated heterocycles. The van der Waals surface area contributed by atoms with Gasteiger partial charge in [0.1, 0.15) is 0 Å². The maximum atomic E-state index is 12.6. The lowest BCUT2D eigenvalue weighted by atomic mass is 9.92. The smallest absolute Gasteiger partial charge is 0.169 e. The average Bonchev–Trinajstić information content (AvgIpc) is 2.13. The van der Waals surface area contributed by atoms with Gasteiger partial charge in [0, 0.05) is 0 Å². The van der Waals surface area contributed by atoms with Gasteiger partial charge in [-0.05, 0) is 55.5 Å². The molecule has 0 aliphatic heterocycles. The number of benzene rings is 1. The largest absolute Gasteiger partial charge is 0.408 e. The molecule has 0 saturated carbocycles. The van der Waals surface area contributed by atoms with E-state index in [2.05, 4.69) is 0 Å². The highest BCUT2D eigenvalue weighted by Crippen LogP contribution is 2.42. The molecule has 1 unspecified atom stereocenters. The number of hydrogen-bond donors (Lipinski definition) is 0. The second kappa shape index (κ2) is 4.28. The van der Waals surface area contributed by atoms with Crippen LogP contribution in [0, 0.1) is 27.7 Å². The van der Waals surface area contributed by atoms with E-state index in [1.165, 1.54) is 0 Å². The fourth-order valence-electron chi connectivity index (χ4n) is 1.79. The first kappa shape index (κ1) is 13.4. The van der Waals surface area contributed by atoms with E-state index >= 15 is 0 Å². The molecule has 0 fully saturated rings. The Morgan fingerprint density at radius 3 is 1.69 bits per heavy atom. The number of halogens is 4. The molecule has 0 amide bonds. The molecule has 1 atom stereocenters. The highest BCUT2D eigenvalue weighted by atomic mass is 35.5. The summed E-state index contributed by atoms with van der Waals surface area (Å²) in [7, 11) is 0. The van der Waals surface area contributed by atoms with Crippen molar-refractivity contribution in [1.82, 2.24) is 0 Å². The van der Waals surface area contributed by atoms with Gasteiger partial charge in [-0.2, -0.15) is 13.2 Å². The maximum Gasteiger partial charge on any atom is 0.408 e. The van der Waals surface area contributed by atoms with E-state index < -0.39 is 11.6 Å². The molecule has 0 radical (unpaired) electrons. The van der Waals surface area contributed by atoms with Crippen LogP contribution in [0.1, 0.15) is 33.2 Å². The average molecular weight is 251 g/mol. The molecule has 0 heterocycles. The Morgan fingerprint density at radius 1 is 1.00 bits per heavy atom. The van der Waals surface area contributed by atoms with E-state index in [1.54, 1.807) is 27.7 Å². The van der Waals surface area contributed by atoms with Gasteiger partial charge in [-0.3, -0.25) is 0 Å². The first-order chi connectivity index (χ1) is 7.16. The third-order valence-electron chi connectivity index (χ3n) is 2.96. The van der Waals surface area contributed by atoms with E-state index in [9.17, 15) is 13.2 Å². The zero-order valence-corrected chi connectivity index (χ0v) is 10.4. The quantitative estimate of drug-likeness (QED) is 0.630. The van der Waals surface area contributed by atoms with Crippen molar-refractivity contribution in [2.24, 2.45) is 0 Å². The minimum absolute atomic E-state index is 0.201. The summed E-state index contributed by atoms with van der Waals surface area (Å²) < 4.78 is 37.9. The number of aryl methyl sites for hydroxylation is 2. The number of alkyl halides is 4. The van der Waals surface area contributed by atoms with Crippen molar-refractivity contribution >= 4 is 11.6 Å². The lowest BCUT2D eigenvalue weighted by Crippen LogP contribution is -2.18. The lowest BCUT2D eigenvalue weighted by molar-refractivity contribution is -0.131. The van der Waals surface area contributed by atoms with Crippen molar-refractivity contribution in [3.8, 4) is 0 Å². The minimum atomic E-state index is -4.41. The van der Waals surface area contributed by atoms with Crippen LogP contribution in [-0.4, -0.2) is 6.18 Å². The van der Waals surface area contributed by atoms with Crippen molar-refractivity contribution in [3.63, 3.8) is 0 Å². The Kier molecular flexibility index (Phi) is 3.58. The highest BCUT2D eigenvalue weighted by Gasteiger charge is 2.41. The van der Waals surface area contributed by atoms with Crippen molar-refractivity contribution in [1.29, 1.82) is 0 Å². The molecule has 0 aliphatic rings. The van der Waals surface area contributed by atoms with Gasteiger partial charge < -0.3 is 0 Å². The minimum Gasteiger partial charge on any atom is -0.169 e. The zero-order valence-electron chi connectivity index (χ0n) is 9.67. The fourth-order valence-corrected chi connectivity index (χ4v) is 2.12. The summed E-state index contributed by atoms with van der Waals surface area (Å²) in [6, 6.07) is 1.88. The van der Waals surface area contributed by atoms with Crippen molar-refractivity contribution in [2.75, 3.05) is 0 Å². The van der Waals surface area contributed by atoms with Crippen LogP contribution in [0.2, 0.25) is 0 Å². The Labute approximate surface area is 98.4 Å². The predicted molar refractivity (Wildman–Crippen MR) is 60.0 cm³/mol. The molecule has 4 heteroatoms. The molecular weight excluding hydrogens is 237 g/mol. The Bertz CT molecular complexity index is 381. The summed E-state index contributed by atoms with van der Waals surface area (Å²) in [5, 5.41) is -1.92. The van der Waals surface area contributed by atoms with Gasteiger partial charge in [0.25, 0.3) is 0 Å². The second-order valence-corrected chi connectivity index (χ2v) is 4.51. The molecule has 16 heavy (non-hydrogen) atoms. The van der Waals surface area contributed by atoms with Crippen LogP contribution in [0.25, 0.3) is 0 Å². The molecule has 1 aromatic rings. The van der Waals surface area contributed by atoms with Gasteiger partial charge in [-0.1, -0.05) is 6.07 Å². The predicted octanol–water partition coefficient (Wildman–Crippen LogP) is 4.76. The summed E-state index contributed by atoms with van der Waals surface area (Å²) in [5.41, 5.74) is 3.13. The summed E-state index contributed by atoms with van der Waals surface area (Å²) in [4.78, 5) is 0. The van der Waals surface area contributed by atoms with Crippen molar-refractivity contribution in [3.05, 3.63) is 33.9 Å². The van der Waals surface area contributed by atoms with Crippen LogP contribution in [-0.2, 0) is 0 Å². The maximum absolute atomic E-state index is 12.6. The molecule has 0 spiro atoms. The van der Waals surface area contributed by atoms with Gasteiger partial charge in [0.05, 0.1) is 0 Å². The highest BCUT2D eigenvalue weighted by molar-refractivity contribution is 6.21. The van der Waals surface area contributed by atoms with E-state index in [0.717, 1.165) is 11.1 Å². The van der Waals surface area contributed by atoms with Crippen LogP contribution in [0.15, 0.2) is 6.07 Å². The Morgan fingerprint density at radius 2 is 1.38 bits per heavy atom. The summed E-state index contributed by atoms with van der Waals surface area (Å²) in [6.45, 7) is 6.95. The SMILES string of the molecule is Cc1cc(C)c(C)c(C(Cl)C(F)(F)F)c1C. The van der Waals surface area contributed by atoms with Gasteiger partial charge >= 0.3 is 6.18 Å². The van der Waals surface area contributed by atoms with E-state index in [4.69, 9.17) is 11.6 Å². The van der Waals surface area contributed by atoms with E-state index in [0.29, 0.717) is 11.1 Å². The summed E-state index contributed by atoms with van der Waals surface area (Å²) >= 11 is 5.51. The number of hydrogen-bond acceptors (Lipinski definition) is 0. The molecule has 0 aliphatic carbocycles. The molecular formula is C12H14ClF3. The Balaban J connectivity index is 3.44. The van der Waals surface area contributed by atoms with E-state index in [1.807, 2.05) is 6.07 Å². The van der Waals surface area contributed by atoms with Crippen LogP contribution >= 0.6 is 11.6 Å². The third-order valence-corrected chi connectivity index (χ3v) is 3.43. The van der Waals surface area contributed by atoms with Crippen LogP contribution in [0.5, 0.6) is 0 Å². The third kappa shape index (κ3) is 2.34. The summed E-state index contributed by atoms with van der Waals surface area (Å²) in [6.07, 6.45) is -4.41. The molecule has 1 aromatic carbocycles. The monoisotopic (exact) mass is 250 g/mol. The molecule has 0 N–H and O–H groups in total. The standard InChI is InChI=1S/C12H14ClF3/c1-6-5-7(2)9(4)10(8(6)3)11(13)12(14,15)16/h5,11H,1-4H3. The van der Waals surface area contributed by atoms with Crippen LogP contribution in [0.3, 0.4) is 0 Å². The fraction of sp³-hybridized carbons (Fsp3) is 0.500. The van der Waals surface area contributed by atoms with Crippen molar-refractivity contribution in [2.45, 2.75) is 39.2 Å². The first-order valence-corrected chi connectivity index (χ1v) is 5.38. The van der Waals surface area contributed by atoms with Gasteiger partial charge in [0.2, 0.25) is 0 Å².